The number of pyridine rings is 1. The van der Waals surface area contributed by atoms with E-state index >= 15 is 0 Å². The predicted octanol–water partition coefficient (Wildman–Crippen LogP) is 3.23. The van der Waals surface area contributed by atoms with Crippen molar-refractivity contribution in [3.8, 4) is 5.75 Å². The van der Waals surface area contributed by atoms with Crippen molar-refractivity contribution in [2.24, 2.45) is 0 Å². The molecule has 2 unspecified atom stereocenters. The highest BCUT2D eigenvalue weighted by Crippen LogP contribution is 2.32. The van der Waals surface area contributed by atoms with Gasteiger partial charge in [0.1, 0.15) is 11.6 Å². The van der Waals surface area contributed by atoms with E-state index in [9.17, 15) is 0 Å². The molecule has 0 radical (unpaired) electrons. The van der Waals surface area contributed by atoms with Crippen LogP contribution in [-0.4, -0.2) is 42.7 Å². The van der Waals surface area contributed by atoms with Gasteiger partial charge in [-0.3, -0.25) is 0 Å². The Morgan fingerprint density at radius 3 is 3.00 bits per heavy atom. The van der Waals surface area contributed by atoms with E-state index in [4.69, 9.17) is 9.47 Å². The lowest BCUT2D eigenvalue weighted by Crippen LogP contribution is -2.49. The smallest absolute Gasteiger partial charge is 0.136 e. The third kappa shape index (κ3) is 2.72. The van der Waals surface area contributed by atoms with Crippen molar-refractivity contribution in [3.05, 3.63) is 30.5 Å². The Morgan fingerprint density at radius 1 is 1.38 bits per heavy atom. The minimum absolute atomic E-state index is 0.198. The molecule has 0 amide bonds. The van der Waals surface area contributed by atoms with Crippen LogP contribution in [0.1, 0.15) is 6.92 Å². The normalized spacial score (nSPS) is 22.5. The maximum absolute atomic E-state index is 5.81. The molecule has 0 saturated carbocycles. The summed E-state index contributed by atoms with van der Waals surface area (Å²) in [5.41, 5.74) is 0. The maximum Gasteiger partial charge on any atom is 0.136 e. The van der Waals surface area contributed by atoms with E-state index in [2.05, 4.69) is 38.8 Å². The number of methoxy groups -OCH3 is 1. The third-order valence-corrected chi connectivity index (χ3v) is 4.64. The number of hydrogen-bond acceptors (Lipinski definition) is 4. The lowest BCUT2D eigenvalue weighted by atomic mass is 10.1. The van der Waals surface area contributed by atoms with Gasteiger partial charge in [-0.2, -0.15) is 0 Å². The highest BCUT2D eigenvalue weighted by molar-refractivity contribution is 9.09. The van der Waals surface area contributed by atoms with Crippen molar-refractivity contribution in [2.45, 2.75) is 19.1 Å². The number of rotatable bonds is 3. The molecule has 2 heterocycles. The number of alkyl halides is 1. The summed E-state index contributed by atoms with van der Waals surface area (Å²) in [7, 11) is 1.70. The van der Waals surface area contributed by atoms with Gasteiger partial charge >= 0.3 is 0 Å². The van der Waals surface area contributed by atoms with Crippen molar-refractivity contribution in [1.82, 2.24) is 4.98 Å². The van der Waals surface area contributed by atoms with Crippen LogP contribution in [0.15, 0.2) is 30.5 Å². The Hall–Kier alpha value is -1.33. The topological polar surface area (TPSA) is 34.6 Å². The number of anilines is 1. The molecule has 0 aliphatic carbocycles. The van der Waals surface area contributed by atoms with Gasteiger partial charge in [0.05, 0.1) is 25.9 Å². The monoisotopic (exact) mass is 350 g/mol. The maximum atomic E-state index is 5.81. The largest absolute Gasteiger partial charge is 0.496 e. The van der Waals surface area contributed by atoms with E-state index in [-0.39, 0.29) is 6.10 Å². The molecule has 1 fully saturated rings. The highest BCUT2D eigenvalue weighted by atomic mass is 79.9. The average Bonchev–Trinajstić information content (AvgIpc) is 2.54. The zero-order chi connectivity index (χ0) is 14.8. The third-order valence-electron chi connectivity index (χ3n) is 3.91. The van der Waals surface area contributed by atoms with Gasteiger partial charge in [-0.05, 0) is 19.1 Å². The lowest BCUT2D eigenvalue weighted by molar-refractivity contribution is 0.0378. The number of fused-ring (bicyclic) bond motifs is 1. The van der Waals surface area contributed by atoms with Crippen LogP contribution in [0.5, 0.6) is 5.75 Å². The number of aromatic nitrogens is 1. The minimum atomic E-state index is 0.198. The van der Waals surface area contributed by atoms with Gasteiger partial charge in [0.15, 0.2) is 0 Å². The number of ether oxygens (including phenoxy) is 2. The Labute approximate surface area is 133 Å². The first kappa shape index (κ1) is 14.6. The number of halogens is 1. The summed E-state index contributed by atoms with van der Waals surface area (Å²) in [5.74, 6) is 1.89. The van der Waals surface area contributed by atoms with Crippen LogP contribution in [0.2, 0.25) is 0 Å². The summed E-state index contributed by atoms with van der Waals surface area (Å²) in [4.78, 5) is 6.96. The Morgan fingerprint density at radius 2 is 2.24 bits per heavy atom. The van der Waals surface area contributed by atoms with Gasteiger partial charge < -0.3 is 14.4 Å². The van der Waals surface area contributed by atoms with Crippen LogP contribution < -0.4 is 9.64 Å². The zero-order valence-corrected chi connectivity index (χ0v) is 13.8. The van der Waals surface area contributed by atoms with E-state index in [1.165, 1.54) is 0 Å². The fraction of sp³-hybridized carbons (Fsp3) is 0.438. The molecule has 0 spiro atoms. The Bertz CT molecular complexity index is 635. The van der Waals surface area contributed by atoms with Crippen molar-refractivity contribution < 1.29 is 9.47 Å². The first-order valence-corrected chi connectivity index (χ1v) is 8.22. The molecule has 3 rings (SSSR count). The Balaban J connectivity index is 2.07. The number of hydrogen-bond donors (Lipinski definition) is 0. The van der Waals surface area contributed by atoms with E-state index in [1.54, 1.807) is 7.11 Å². The summed E-state index contributed by atoms with van der Waals surface area (Å²) >= 11 is 3.51. The first-order chi connectivity index (χ1) is 10.2. The molecule has 1 aromatic heterocycles. The van der Waals surface area contributed by atoms with Crippen LogP contribution in [0.3, 0.4) is 0 Å². The molecule has 0 bridgehead atoms. The Kier molecular flexibility index (Phi) is 4.31. The molecule has 1 aliphatic heterocycles. The summed E-state index contributed by atoms with van der Waals surface area (Å²) in [6.07, 6.45) is 2.05. The number of benzene rings is 1. The van der Waals surface area contributed by atoms with Crippen molar-refractivity contribution in [1.29, 1.82) is 0 Å². The van der Waals surface area contributed by atoms with Gasteiger partial charge in [0.2, 0.25) is 0 Å². The van der Waals surface area contributed by atoms with Crippen LogP contribution in [0.25, 0.3) is 10.8 Å². The fourth-order valence-corrected chi connectivity index (χ4v) is 3.17. The lowest BCUT2D eigenvalue weighted by Gasteiger charge is -2.38. The minimum Gasteiger partial charge on any atom is -0.496 e. The number of morpholine rings is 1. The summed E-state index contributed by atoms with van der Waals surface area (Å²) < 4.78 is 11.3. The quantitative estimate of drug-likeness (QED) is 0.796. The van der Waals surface area contributed by atoms with Crippen LogP contribution in [0.4, 0.5) is 5.82 Å². The molecule has 1 saturated heterocycles. The van der Waals surface area contributed by atoms with E-state index in [0.29, 0.717) is 6.04 Å². The van der Waals surface area contributed by atoms with Crippen LogP contribution in [0, 0.1) is 0 Å². The molecular formula is C16H19BrN2O2. The summed E-state index contributed by atoms with van der Waals surface area (Å²) in [6.45, 7) is 3.74. The average molecular weight is 351 g/mol. The predicted molar refractivity (Wildman–Crippen MR) is 88.6 cm³/mol. The van der Waals surface area contributed by atoms with Crippen LogP contribution in [-0.2, 0) is 4.74 Å². The van der Waals surface area contributed by atoms with Gasteiger partial charge in [-0.25, -0.2) is 4.98 Å². The van der Waals surface area contributed by atoms with E-state index in [0.717, 1.165) is 40.8 Å². The molecule has 4 nitrogen and oxygen atoms in total. The summed E-state index contributed by atoms with van der Waals surface area (Å²) in [5, 5.41) is 3.06. The van der Waals surface area contributed by atoms with E-state index in [1.807, 2.05) is 24.4 Å². The summed E-state index contributed by atoms with van der Waals surface area (Å²) in [6, 6.07) is 8.41. The van der Waals surface area contributed by atoms with Gasteiger partial charge in [0, 0.05) is 28.8 Å². The van der Waals surface area contributed by atoms with Crippen molar-refractivity contribution >= 4 is 32.5 Å². The molecule has 2 aromatic rings. The molecule has 0 N–H and O–H groups in total. The zero-order valence-electron chi connectivity index (χ0n) is 12.3. The fourth-order valence-electron chi connectivity index (χ4n) is 2.78. The van der Waals surface area contributed by atoms with Crippen LogP contribution >= 0.6 is 15.9 Å². The molecule has 2 atom stereocenters. The second-order valence-electron chi connectivity index (χ2n) is 5.30. The molecule has 1 aliphatic rings. The molecule has 21 heavy (non-hydrogen) atoms. The number of nitrogens with zero attached hydrogens (tertiary/aromatic N) is 2. The standard InChI is InChI=1S/C16H19BrN2O2/c1-11-10-21-12(8-17)9-19(11)16-14-4-3-5-15(20-2)13(14)6-7-18-16/h3-7,11-12H,8-10H2,1-2H3. The molecule has 5 heteroatoms. The van der Waals surface area contributed by atoms with Gasteiger partial charge in [-0.1, -0.05) is 28.1 Å². The van der Waals surface area contributed by atoms with Gasteiger partial charge in [0.25, 0.3) is 0 Å². The van der Waals surface area contributed by atoms with Crippen molar-refractivity contribution in [2.75, 3.05) is 30.5 Å². The molecule has 1 aromatic carbocycles. The SMILES string of the molecule is COc1cccc2c(N3CC(CBr)OCC3C)nccc12. The molecule has 112 valence electrons. The highest BCUT2D eigenvalue weighted by Gasteiger charge is 2.27. The second kappa shape index (κ2) is 6.20. The van der Waals surface area contributed by atoms with Crippen molar-refractivity contribution in [3.63, 3.8) is 0 Å². The van der Waals surface area contributed by atoms with E-state index < -0.39 is 0 Å². The van der Waals surface area contributed by atoms with Gasteiger partial charge in [-0.15, -0.1) is 0 Å². The second-order valence-corrected chi connectivity index (χ2v) is 5.95. The molecular weight excluding hydrogens is 332 g/mol. The first-order valence-electron chi connectivity index (χ1n) is 7.10.